The van der Waals surface area contributed by atoms with Gasteiger partial charge in [0.1, 0.15) is 11.1 Å². The third-order valence-corrected chi connectivity index (χ3v) is 8.44. The number of hydrogen-bond donors (Lipinski definition) is 0. The molecule has 7 aromatic carbocycles. The fourth-order valence-electron chi connectivity index (χ4n) is 6.72. The molecule has 2 nitrogen and oxygen atoms in total. The summed E-state index contributed by atoms with van der Waals surface area (Å²) in [5.74, 6) is 0. The average molecular weight is 522 g/mol. The maximum atomic E-state index is 6.65. The van der Waals surface area contributed by atoms with E-state index in [1.54, 1.807) is 0 Å². The van der Waals surface area contributed by atoms with Crippen LogP contribution in [0.15, 0.2) is 144 Å². The summed E-state index contributed by atoms with van der Waals surface area (Å²) in [6.45, 7) is 0. The first-order chi connectivity index (χ1) is 20.4. The fourth-order valence-corrected chi connectivity index (χ4v) is 6.72. The molecule has 190 valence electrons. The summed E-state index contributed by atoms with van der Waals surface area (Å²) in [7, 11) is 0. The maximum Gasteiger partial charge on any atom is 0.162 e. The Morgan fingerprint density at radius 1 is 0.390 bits per heavy atom. The minimum absolute atomic E-state index is 0.832. The van der Waals surface area contributed by atoms with Crippen LogP contribution in [0.3, 0.4) is 0 Å². The lowest BCUT2D eigenvalue weighted by Crippen LogP contribution is -1.93. The molecule has 2 heterocycles. The van der Waals surface area contributed by atoms with Gasteiger partial charge in [0.15, 0.2) is 5.58 Å². The Morgan fingerprint density at radius 3 is 1.66 bits per heavy atom. The van der Waals surface area contributed by atoms with E-state index in [9.17, 15) is 0 Å². The molecule has 0 saturated carbocycles. The number of furan rings is 1. The van der Waals surface area contributed by atoms with Crippen molar-refractivity contribution in [2.24, 2.45) is 0 Å². The molecular weight excluding hydrogens is 498 g/mol. The summed E-state index contributed by atoms with van der Waals surface area (Å²) >= 11 is 0. The molecule has 0 radical (unpaired) electrons. The van der Waals surface area contributed by atoms with E-state index in [-0.39, 0.29) is 0 Å². The van der Waals surface area contributed by atoms with Crippen LogP contribution in [0.1, 0.15) is 0 Å². The highest BCUT2D eigenvalue weighted by atomic mass is 16.3. The molecule has 0 aliphatic rings. The zero-order valence-electron chi connectivity index (χ0n) is 22.1. The number of fused-ring (bicyclic) bond motifs is 7. The van der Waals surface area contributed by atoms with Crippen LogP contribution in [-0.4, -0.2) is 4.98 Å². The van der Waals surface area contributed by atoms with E-state index in [1.165, 1.54) is 49.0 Å². The van der Waals surface area contributed by atoms with Crippen molar-refractivity contribution in [2.45, 2.75) is 0 Å². The Kier molecular flexibility index (Phi) is 4.64. The monoisotopic (exact) mass is 521 g/mol. The molecule has 0 fully saturated rings. The molecule has 2 aromatic heterocycles. The molecule has 9 aromatic rings. The molecule has 0 saturated heterocycles. The number of rotatable bonds is 2. The van der Waals surface area contributed by atoms with Crippen molar-refractivity contribution in [1.29, 1.82) is 0 Å². The van der Waals surface area contributed by atoms with Crippen molar-refractivity contribution >= 4 is 65.3 Å². The quantitative estimate of drug-likeness (QED) is 0.211. The van der Waals surface area contributed by atoms with Gasteiger partial charge in [-0.2, -0.15) is 0 Å². The standard InChI is InChI=1S/C39H23NO/c1-2-14-25-24(12-1)13-11-21-26(25)35-27-15-3-5-17-29(27)36(30-18-6-4-16-28(30)35)37-31-19-7-9-22-33(31)40-38-32-20-8-10-23-34(32)41-39(37)38/h1-23H. The van der Waals surface area contributed by atoms with Crippen molar-refractivity contribution in [1.82, 2.24) is 4.98 Å². The summed E-state index contributed by atoms with van der Waals surface area (Å²) in [5, 5.41) is 9.48. The molecule has 0 spiro atoms. The van der Waals surface area contributed by atoms with E-state index in [1.807, 2.05) is 12.1 Å². The molecule has 2 heteroatoms. The highest BCUT2D eigenvalue weighted by Crippen LogP contribution is 2.49. The van der Waals surface area contributed by atoms with Crippen LogP contribution in [0.25, 0.3) is 87.5 Å². The van der Waals surface area contributed by atoms with Crippen LogP contribution >= 0.6 is 0 Å². The molecule has 0 aliphatic heterocycles. The number of hydrogen-bond acceptors (Lipinski definition) is 2. The van der Waals surface area contributed by atoms with Gasteiger partial charge >= 0.3 is 0 Å². The van der Waals surface area contributed by atoms with Gasteiger partial charge in [0, 0.05) is 21.9 Å². The van der Waals surface area contributed by atoms with Gasteiger partial charge < -0.3 is 4.42 Å². The predicted octanol–water partition coefficient (Wildman–Crippen LogP) is 10.9. The van der Waals surface area contributed by atoms with E-state index in [2.05, 4.69) is 127 Å². The first-order valence-electron chi connectivity index (χ1n) is 14.0. The second-order valence-electron chi connectivity index (χ2n) is 10.6. The predicted molar refractivity (Wildman–Crippen MR) is 172 cm³/mol. The van der Waals surface area contributed by atoms with Crippen molar-refractivity contribution in [3.63, 3.8) is 0 Å². The van der Waals surface area contributed by atoms with Crippen LogP contribution in [0, 0.1) is 0 Å². The summed E-state index contributed by atoms with van der Waals surface area (Å²) in [6, 6.07) is 49.6. The first kappa shape index (κ1) is 22.4. The van der Waals surface area contributed by atoms with E-state index in [0.717, 1.165) is 38.5 Å². The number of benzene rings is 7. The normalized spacial score (nSPS) is 11.9. The Morgan fingerprint density at radius 2 is 0.927 bits per heavy atom. The lowest BCUT2D eigenvalue weighted by molar-refractivity contribution is 0.670. The molecule has 41 heavy (non-hydrogen) atoms. The molecule has 0 aliphatic carbocycles. The summed E-state index contributed by atoms with van der Waals surface area (Å²) in [6.07, 6.45) is 0. The number of pyridine rings is 1. The largest absolute Gasteiger partial charge is 0.454 e. The summed E-state index contributed by atoms with van der Waals surface area (Å²) in [5.41, 5.74) is 8.34. The minimum Gasteiger partial charge on any atom is -0.454 e. The topological polar surface area (TPSA) is 26.0 Å². The molecule has 0 atom stereocenters. The third-order valence-electron chi connectivity index (χ3n) is 8.44. The molecule has 0 bridgehead atoms. The number of nitrogens with zero attached hydrogens (tertiary/aromatic N) is 1. The van der Waals surface area contributed by atoms with Gasteiger partial charge in [0.2, 0.25) is 0 Å². The van der Waals surface area contributed by atoms with Crippen LogP contribution in [0.2, 0.25) is 0 Å². The van der Waals surface area contributed by atoms with Crippen molar-refractivity contribution in [3.05, 3.63) is 140 Å². The maximum absolute atomic E-state index is 6.65. The summed E-state index contributed by atoms with van der Waals surface area (Å²) < 4.78 is 6.65. The highest BCUT2D eigenvalue weighted by molar-refractivity contribution is 6.28. The molecule has 0 unspecified atom stereocenters. The van der Waals surface area contributed by atoms with Crippen LogP contribution < -0.4 is 0 Å². The Bertz CT molecular complexity index is 2420. The van der Waals surface area contributed by atoms with E-state index >= 15 is 0 Å². The van der Waals surface area contributed by atoms with Gasteiger partial charge in [-0.15, -0.1) is 0 Å². The van der Waals surface area contributed by atoms with Crippen LogP contribution in [0.4, 0.5) is 0 Å². The van der Waals surface area contributed by atoms with E-state index < -0.39 is 0 Å². The van der Waals surface area contributed by atoms with Gasteiger partial charge in [-0.25, -0.2) is 4.98 Å². The lowest BCUT2D eigenvalue weighted by Gasteiger charge is -2.19. The number of aromatic nitrogens is 1. The van der Waals surface area contributed by atoms with Gasteiger partial charge in [-0.05, 0) is 61.6 Å². The zero-order valence-corrected chi connectivity index (χ0v) is 22.1. The first-order valence-corrected chi connectivity index (χ1v) is 14.0. The zero-order chi connectivity index (χ0) is 26.9. The molecular formula is C39H23NO. The van der Waals surface area contributed by atoms with E-state index in [0.29, 0.717) is 0 Å². The van der Waals surface area contributed by atoms with Crippen molar-refractivity contribution < 1.29 is 4.42 Å². The smallest absolute Gasteiger partial charge is 0.162 e. The molecule has 9 rings (SSSR count). The molecule has 0 amide bonds. The Balaban J connectivity index is 1.53. The van der Waals surface area contributed by atoms with E-state index in [4.69, 9.17) is 9.40 Å². The second-order valence-corrected chi connectivity index (χ2v) is 10.6. The van der Waals surface area contributed by atoms with Gasteiger partial charge in [-0.1, -0.05) is 121 Å². The van der Waals surface area contributed by atoms with Crippen LogP contribution in [-0.2, 0) is 0 Å². The minimum atomic E-state index is 0.832. The highest BCUT2D eigenvalue weighted by Gasteiger charge is 2.23. The Hall–Kier alpha value is -5.47. The average Bonchev–Trinajstić information content (AvgIpc) is 3.41. The van der Waals surface area contributed by atoms with Gasteiger partial charge in [0.05, 0.1) is 5.52 Å². The van der Waals surface area contributed by atoms with Gasteiger partial charge in [0.25, 0.3) is 0 Å². The Labute approximate surface area is 236 Å². The fraction of sp³-hybridized carbons (Fsp3) is 0. The molecule has 0 N–H and O–H groups in total. The SMILES string of the molecule is c1ccc2c(-c3c4ccccc4c(-c4c5ccccc5nc5c4oc4ccccc45)c4ccccc34)cccc2c1. The number of para-hydroxylation sites is 2. The van der Waals surface area contributed by atoms with Crippen molar-refractivity contribution in [2.75, 3.05) is 0 Å². The lowest BCUT2D eigenvalue weighted by atomic mass is 9.84. The summed E-state index contributed by atoms with van der Waals surface area (Å²) in [4.78, 5) is 5.12. The van der Waals surface area contributed by atoms with Gasteiger partial charge in [-0.3, -0.25) is 0 Å². The van der Waals surface area contributed by atoms with Crippen LogP contribution in [0.5, 0.6) is 0 Å². The van der Waals surface area contributed by atoms with Crippen molar-refractivity contribution in [3.8, 4) is 22.3 Å². The third kappa shape index (κ3) is 3.16. The second kappa shape index (κ2) is 8.51.